The molecule has 0 saturated carbocycles. The number of hydrogen-bond acceptors (Lipinski definition) is 8. The van der Waals surface area contributed by atoms with Crippen molar-refractivity contribution >= 4 is 46.6 Å². The van der Waals surface area contributed by atoms with Crippen LogP contribution in [0, 0.1) is 0 Å². The number of ether oxygens (including phenoxy) is 3. The highest BCUT2D eigenvalue weighted by Gasteiger charge is 2.35. The van der Waals surface area contributed by atoms with Gasteiger partial charge < -0.3 is 18.6 Å². The van der Waals surface area contributed by atoms with Crippen molar-refractivity contribution in [2.24, 2.45) is 4.99 Å². The average molecular weight is 612 g/mol. The van der Waals surface area contributed by atoms with Gasteiger partial charge in [0.05, 0.1) is 38.5 Å². The average Bonchev–Trinajstić information content (AvgIpc) is 3.69. The van der Waals surface area contributed by atoms with Crippen LogP contribution in [0.1, 0.15) is 44.1 Å². The molecule has 0 aliphatic carbocycles. The molecular weight excluding hydrogens is 587 g/mol. The molecule has 0 spiro atoms. The molecule has 2 aromatic carbocycles. The topological polar surface area (TPSA) is 92.3 Å². The lowest BCUT2D eigenvalue weighted by Gasteiger charge is -2.25. The summed E-state index contributed by atoms with van der Waals surface area (Å²) >= 11 is 13.5. The van der Waals surface area contributed by atoms with E-state index >= 15 is 0 Å². The zero-order chi connectivity index (χ0) is 28.7. The molecule has 1 atom stereocenters. The number of halogens is 2. The van der Waals surface area contributed by atoms with Crippen LogP contribution in [0.15, 0.2) is 74.0 Å². The van der Waals surface area contributed by atoms with E-state index < -0.39 is 12.0 Å². The van der Waals surface area contributed by atoms with Gasteiger partial charge in [0.15, 0.2) is 16.3 Å². The zero-order valence-electron chi connectivity index (χ0n) is 22.1. The van der Waals surface area contributed by atoms with Crippen molar-refractivity contribution in [3.63, 3.8) is 0 Å². The highest BCUT2D eigenvalue weighted by molar-refractivity contribution is 7.07. The Morgan fingerprint density at radius 2 is 1.93 bits per heavy atom. The predicted octanol–water partition coefficient (Wildman–Crippen LogP) is 5.87. The van der Waals surface area contributed by atoms with Crippen LogP contribution < -0.4 is 24.4 Å². The van der Waals surface area contributed by atoms with Crippen molar-refractivity contribution in [1.29, 1.82) is 0 Å². The molecule has 0 saturated heterocycles. The maximum atomic E-state index is 14.0. The number of allylic oxidation sites excluding steroid dienone is 1. The van der Waals surface area contributed by atoms with Crippen molar-refractivity contribution in [1.82, 2.24) is 4.57 Å². The molecule has 6 rings (SSSR count). The fraction of sp³-hybridized carbons (Fsp3) is 0.233. The summed E-state index contributed by atoms with van der Waals surface area (Å²) in [5, 5.41) is 0.865. The van der Waals surface area contributed by atoms with Crippen molar-refractivity contribution < 1.29 is 23.4 Å². The minimum atomic E-state index is -0.758. The van der Waals surface area contributed by atoms with Crippen LogP contribution in [0.4, 0.5) is 0 Å². The summed E-state index contributed by atoms with van der Waals surface area (Å²) in [6, 6.07) is 13.5. The van der Waals surface area contributed by atoms with E-state index in [0.29, 0.717) is 65.7 Å². The minimum absolute atomic E-state index is 0.108. The molecule has 2 aliphatic rings. The first kappa shape index (κ1) is 27.4. The van der Waals surface area contributed by atoms with Crippen LogP contribution >= 0.6 is 34.5 Å². The fourth-order valence-electron chi connectivity index (χ4n) is 4.88. The number of fused-ring (bicyclic) bond motifs is 2. The lowest BCUT2D eigenvalue weighted by atomic mass is 9.94. The summed E-state index contributed by atoms with van der Waals surface area (Å²) in [5.41, 5.74) is 2.08. The van der Waals surface area contributed by atoms with Crippen LogP contribution in [0.25, 0.3) is 17.4 Å². The standard InChI is InChI=1S/C30H24Cl2N2O6S/c1-3-5-21-26(29(36)37-4-2)27(17-7-10-23-24(13-17)39-15-38-23)34-28(35)25(41-30(34)33-21)14-18-8-11-22(40-18)16-6-9-19(31)20(32)12-16/h6-14,27H,3-5,15H2,1-2H3/b25-14-. The Morgan fingerprint density at radius 1 is 1.10 bits per heavy atom. The van der Waals surface area contributed by atoms with E-state index in [0.717, 1.165) is 12.0 Å². The number of esters is 1. The lowest BCUT2D eigenvalue weighted by Crippen LogP contribution is -2.40. The third-order valence-corrected chi connectivity index (χ3v) is 8.43. The molecule has 2 aliphatic heterocycles. The van der Waals surface area contributed by atoms with Crippen LogP contribution in [0.3, 0.4) is 0 Å². The Morgan fingerprint density at radius 3 is 2.71 bits per heavy atom. The monoisotopic (exact) mass is 610 g/mol. The Balaban J connectivity index is 1.50. The predicted molar refractivity (Wildman–Crippen MR) is 156 cm³/mol. The van der Waals surface area contributed by atoms with E-state index in [9.17, 15) is 9.59 Å². The second-order valence-corrected chi connectivity index (χ2v) is 11.2. The molecule has 0 bridgehead atoms. The lowest BCUT2D eigenvalue weighted by molar-refractivity contribution is -0.139. The van der Waals surface area contributed by atoms with Gasteiger partial charge in [-0.2, -0.15) is 0 Å². The van der Waals surface area contributed by atoms with E-state index in [4.69, 9.17) is 46.8 Å². The molecule has 41 heavy (non-hydrogen) atoms. The van der Waals surface area contributed by atoms with Gasteiger partial charge in [0.25, 0.3) is 5.56 Å². The van der Waals surface area contributed by atoms with Crippen molar-refractivity contribution in [2.45, 2.75) is 32.7 Å². The summed E-state index contributed by atoms with van der Waals surface area (Å²) in [5.74, 6) is 1.71. The molecule has 0 amide bonds. The molecule has 0 fully saturated rings. The smallest absolute Gasteiger partial charge is 0.338 e. The Kier molecular flexibility index (Phi) is 7.50. The van der Waals surface area contributed by atoms with Gasteiger partial charge >= 0.3 is 5.97 Å². The van der Waals surface area contributed by atoms with Gasteiger partial charge in [-0.15, -0.1) is 0 Å². The quantitative estimate of drug-likeness (QED) is 0.243. The number of carbonyl (C=O) groups is 1. The van der Waals surface area contributed by atoms with E-state index in [-0.39, 0.29) is 19.0 Å². The molecule has 4 heterocycles. The number of hydrogen-bond donors (Lipinski definition) is 0. The van der Waals surface area contributed by atoms with Crippen molar-refractivity contribution in [2.75, 3.05) is 13.4 Å². The van der Waals surface area contributed by atoms with Crippen LogP contribution in [0.2, 0.25) is 10.0 Å². The third kappa shape index (κ3) is 5.09. The minimum Gasteiger partial charge on any atom is -0.463 e. The number of nitrogens with zero attached hydrogens (tertiary/aromatic N) is 2. The number of furan rings is 1. The van der Waals surface area contributed by atoms with Gasteiger partial charge in [0, 0.05) is 11.6 Å². The van der Waals surface area contributed by atoms with Crippen molar-refractivity contribution in [3.8, 4) is 22.8 Å². The van der Waals surface area contributed by atoms with E-state index in [1.165, 1.54) is 11.3 Å². The van der Waals surface area contributed by atoms with Crippen LogP contribution in [-0.2, 0) is 9.53 Å². The fourth-order valence-corrected chi connectivity index (χ4v) is 6.18. The van der Waals surface area contributed by atoms with E-state index in [1.807, 2.05) is 19.1 Å². The summed E-state index contributed by atoms with van der Waals surface area (Å²) in [6.07, 6.45) is 2.98. The summed E-state index contributed by atoms with van der Waals surface area (Å²) in [4.78, 5) is 32.6. The van der Waals surface area contributed by atoms with Gasteiger partial charge in [-0.3, -0.25) is 9.36 Å². The number of rotatable bonds is 7. The largest absolute Gasteiger partial charge is 0.463 e. The highest BCUT2D eigenvalue weighted by atomic mass is 35.5. The molecule has 0 radical (unpaired) electrons. The molecule has 11 heteroatoms. The highest BCUT2D eigenvalue weighted by Crippen LogP contribution is 2.39. The van der Waals surface area contributed by atoms with Gasteiger partial charge in [0.2, 0.25) is 6.79 Å². The second kappa shape index (κ2) is 11.2. The third-order valence-electron chi connectivity index (χ3n) is 6.71. The van der Waals surface area contributed by atoms with Gasteiger partial charge in [-0.1, -0.05) is 53.9 Å². The molecule has 210 valence electrons. The molecule has 0 N–H and O–H groups in total. The Hall–Kier alpha value is -3.79. The zero-order valence-corrected chi connectivity index (χ0v) is 24.4. The molecular formula is C30H24Cl2N2O6S. The maximum Gasteiger partial charge on any atom is 0.338 e. The molecule has 1 unspecified atom stereocenters. The van der Waals surface area contributed by atoms with Gasteiger partial charge in [0.1, 0.15) is 11.5 Å². The number of benzene rings is 2. The number of aromatic nitrogens is 1. The summed E-state index contributed by atoms with van der Waals surface area (Å²) in [7, 11) is 0. The van der Waals surface area contributed by atoms with Gasteiger partial charge in [-0.25, -0.2) is 9.79 Å². The molecule has 8 nitrogen and oxygen atoms in total. The van der Waals surface area contributed by atoms with Gasteiger partial charge in [-0.05, 0) is 61.4 Å². The summed E-state index contributed by atoms with van der Waals surface area (Å²) < 4.78 is 24.5. The number of thiazole rings is 1. The Labute approximate surface area is 248 Å². The maximum absolute atomic E-state index is 14.0. The molecule has 2 aromatic heterocycles. The van der Waals surface area contributed by atoms with Crippen LogP contribution in [-0.4, -0.2) is 23.9 Å². The van der Waals surface area contributed by atoms with Crippen molar-refractivity contribution in [3.05, 3.63) is 101 Å². The molecule has 4 aromatic rings. The first-order chi connectivity index (χ1) is 19.9. The second-order valence-electron chi connectivity index (χ2n) is 9.36. The Bertz CT molecular complexity index is 1890. The van der Waals surface area contributed by atoms with Crippen LogP contribution in [0.5, 0.6) is 11.5 Å². The SMILES string of the molecule is CCCC1=C(C(=O)OCC)C(c2ccc3c(c2)OCO3)n2c(s/c(=C\c3ccc(-c4ccc(Cl)c(Cl)c4)o3)c2=O)=N1. The summed E-state index contributed by atoms with van der Waals surface area (Å²) in [6.45, 7) is 4.06. The van der Waals surface area contributed by atoms with E-state index in [1.54, 1.807) is 54.0 Å². The first-order valence-corrected chi connectivity index (χ1v) is 14.6. The normalized spacial score (nSPS) is 16.1. The van der Waals surface area contributed by atoms with E-state index in [2.05, 4.69) is 0 Å². The number of carbonyl (C=O) groups excluding carboxylic acids is 1. The first-order valence-electron chi connectivity index (χ1n) is 13.0.